The summed E-state index contributed by atoms with van der Waals surface area (Å²) in [5.74, 6) is 0.762. The maximum absolute atomic E-state index is 13.8. The molecule has 3 N–H and O–H groups in total. The van der Waals surface area contributed by atoms with E-state index in [0.29, 0.717) is 39.7 Å². The van der Waals surface area contributed by atoms with E-state index in [1.54, 1.807) is 42.5 Å². The molecule has 0 spiro atoms. The number of aliphatic hydroxyl groups is 1. The molecule has 4 atom stereocenters. The molecule has 1 heterocycles. The quantitative estimate of drug-likeness (QED) is 0.523. The van der Waals surface area contributed by atoms with E-state index in [-0.39, 0.29) is 12.0 Å². The first-order valence-electron chi connectivity index (χ1n) is 11.4. The van der Waals surface area contributed by atoms with Gasteiger partial charge in [0.05, 0.1) is 12.3 Å². The molecular weight excluding hydrogens is 486 g/mol. The smallest absolute Gasteiger partial charge is 0.329 e. The summed E-state index contributed by atoms with van der Waals surface area (Å²) in [5, 5.41) is 17.9. The number of carbonyl (C=O) groups excluding carboxylic acids is 2. The van der Waals surface area contributed by atoms with Crippen molar-refractivity contribution in [3.05, 3.63) is 52.5 Å². The number of nitrogens with zero attached hydrogens (tertiary/aromatic N) is 1. The van der Waals surface area contributed by atoms with Gasteiger partial charge in [-0.3, -0.25) is 9.69 Å². The van der Waals surface area contributed by atoms with Crippen LogP contribution in [0.15, 0.2) is 46.9 Å². The number of halogens is 1. The number of benzene rings is 2. The van der Waals surface area contributed by atoms with Crippen molar-refractivity contribution >= 4 is 39.2 Å². The molecule has 1 aliphatic carbocycles. The number of rotatable bonds is 5. The summed E-state index contributed by atoms with van der Waals surface area (Å²) < 4.78 is 6.19. The van der Waals surface area contributed by atoms with Gasteiger partial charge in [0.1, 0.15) is 5.75 Å². The third-order valence-electron chi connectivity index (χ3n) is 6.87. The molecule has 0 aromatic heterocycles. The Morgan fingerprint density at radius 2 is 1.97 bits per heavy atom. The second-order valence-corrected chi connectivity index (χ2v) is 9.82. The molecule has 33 heavy (non-hydrogen) atoms. The van der Waals surface area contributed by atoms with Crippen LogP contribution < -0.4 is 20.3 Å². The molecule has 2 aromatic rings. The molecular formula is C25H30BrN3O4. The summed E-state index contributed by atoms with van der Waals surface area (Å²) in [6, 6.07) is 11.2. The third kappa shape index (κ3) is 4.34. The Balaban J connectivity index is 1.77. The summed E-state index contributed by atoms with van der Waals surface area (Å²) in [5.41, 5.74) is -1.15. The van der Waals surface area contributed by atoms with Crippen LogP contribution in [0.5, 0.6) is 5.75 Å². The molecule has 1 aliphatic heterocycles. The van der Waals surface area contributed by atoms with Gasteiger partial charge in [0.15, 0.2) is 0 Å². The lowest BCUT2D eigenvalue weighted by Gasteiger charge is -2.44. The molecule has 0 unspecified atom stereocenters. The fourth-order valence-electron chi connectivity index (χ4n) is 4.79. The minimum absolute atomic E-state index is 0.0759. The van der Waals surface area contributed by atoms with E-state index in [1.807, 2.05) is 6.92 Å². The second-order valence-electron chi connectivity index (χ2n) is 8.90. The van der Waals surface area contributed by atoms with E-state index < -0.39 is 17.7 Å². The van der Waals surface area contributed by atoms with Crippen molar-refractivity contribution in [1.82, 2.24) is 5.32 Å². The Kier molecular flexibility index (Phi) is 6.68. The van der Waals surface area contributed by atoms with Gasteiger partial charge in [0, 0.05) is 21.8 Å². The van der Waals surface area contributed by atoms with Crippen molar-refractivity contribution < 1.29 is 19.4 Å². The van der Waals surface area contributed by atoms with Gasteiger partial charge in [-0.05, 0) is 67.6 Å². The predicted octanol–water partition coefficient (Wildman–Crippen LogP) is 4.99. The van der Waals surface area contributed by atoms with E-state index in [2.05, 4.69) is 40.4 Å². The topological polar surface area (TPSA) is 90.9 Å². The van der Waals surface area contributed by atoms with E-state index >= 15 is 0 Å². The van der Waals surface area contributed by atoms with Crippen molar-refractivity contribution in [3.8, 4) is 5.75 Å². The van der Waals surface area contributed by atoms with Crippen molar-refractivity contribution in [3.63, 3.8) is 0 Å². The number of fused-ring (bicyclic) bond motifs is 1. The minimum Gasteiger partial charge on any atom is -0.494 e. The Hall–Kier alpha value is -2.58. The molecule has 0 saturated heterocycles. The minimum atomic E-state index is -2.23. The Morgan fingerprint density at radius 1 is 1.24 bits per heavy atom. The Bertz CT molecular complexity index is 1040. The lowest BCUT2D eigenvalue weighted by atomic mass is 9.78. The summed E-state index contributed by atoms with van der Waals surface area (Å²) in [4.78, 5) is 28.1. The average molecular weight is 516 g/mol. The molecule has 3 amide bonds. The van der Waals surface area contributed by atoms with Gasteiger partial charge in [-0.1, -0.05) is 42.6 Å². The first-order chi connectivity index (χ1) is 15.8. The zero-order valence-electron chi connectivity index (χ0n) is 19.1. The highest BCUT2D eigenvalue weighted by Crippen LogP contribution is 2.42. The largest absolute Gasteiger partial charge is 0.494 e. The lowest BCUT2D eigenvalue weighted by molar-refractivity contribution is -0.141. The number of hydrogen-bond acceptors (Lipinski definition) is 4. The van der Waals surface area contributed by atoms with Crippen molar-refractivity contribution in [2.24, 2.45) is 11.8 Å². The predicted molar refractivity (Wildman–Crippen MR) is 131 cm³/mol. The summed E-state index contributed by atoms with van der Waals surface area (Å²) >= 11 is 3.43. The fourth-order valence-corrected chi connectivity index (χ4v) is 5.15. The highest BCUT2D eigenvalue weighted by Gasteiger charge is 2.53. The molecule has 176 valence electrons. The maximum atomic E-state index is 13.8. The van der Waals surface area contributed by atoms with Crippen LogP contribution in [0.2, 0.25) is 0 Å². The Morgan fingerprint density at radius 3 is 2.67 bits per heavy atom. The second kappa shape index (κ2) is 9.35. The molecule has 4 rings (SSSR count). The number of amides is 3. The van der Waals surface area contributed by atoms with E-state index in [0.717, 1.165) is 24.2 Å². The zero-order valence-corrected chi connectivity index (χ0v) is 20.7. The zero-order chi connectivity index (χ0) is 23.8. The maximum Gasteiger partial charge on any atom is 0.329 e. The van der Waals surface area contributed by atoms with Crippen molar-refractivity contribution in [1.29, 1.82) is 0 Å². The van der Waals surface area contributed by atoms with Crippen LogP contribution >= 0.6 is 15.9 Å². The Labute approximate surface area is 202 Å². The van der Waals surface area contributed by atoms with Crippen LogP contribution in [0.3, 0.4) is 0 Å². The average Bonchev–Trinajstić information content (AvgIpc) is 2.79. The highest BCUT2D eigenvalue weighted by molar-refractivity contribution is 9.10. The fraction of sp³-hybridized carbons (Fsp3) is 0.440. The van der Waals surface area contributed by atoms with E-state index in [1.165, 1.54) is 0 Å². The number of nitrogens with one attached hydrogen (secondary N) is 2. The van der Waals surface area contributed by atoms with E-state index in [4.69, 9.17) is 4.74 Å². The number of anilines is 2. The standard InChI is InChI=1S/C25H30BrN3O4/c1-4-33-19-11-9-18(10-12-19)29-24(31)28-22-13-8-17(26)14-20(22)25(29,32)23(30)27-21-7-5-6-15(2)16(21)3/h8-16,21,32H,4-7H2,1-3H3,(H,27,30)(H,28,31)/t15-,16+,21-,25+/m1/s1. The van der Waals surface area contributed by atoms with Gasteiger partial charge in [0.2, 0.25) is 0 Å². The molecule has 0 bridgehead atoms. The van der Waals surface area contributed by atoms with E-state index in [9.17, 15) is 14.7 Å². The summed E-state index contributed by atoms with van der Waals surface area (Å²) in [7, 11) is 0. The lowest BCUT2D eigenvalue weighted by Crippen LogP contribution is -2.64. The molecule has 1 saturated carbocycles. The van der Waals surface area contributed by atoms with Gasteiger partial charge in [-0.25, -0.2) is 4.79 Å². The number of hydrogen-bond donors (Lipinski definition) is 3. The van der Waals surface area contributed by atoms with Crippen LogP contribution in [0.1, 0.15) is 45.6 Å². The normalized spacial score (nSPS) is 26.9. The molecule has 8 heteroatoms. The van der Waals surface area contributed by atoms with Crippen LogP contribution in [-0.4, -0.2) is 29.7 Å². The highest BCUT2D eigenvalue weighted by atomic mass is 79.9. The van der Waals surface area contributed by atoms with Crippen LogP contribution in [0.4, 0.5) is 16.2 Å². The SMILES string of the molecule is CCOc1ccc(N2C(=O)Nc3ccc(Br)cc3[C@]2(O)C(=O)N[C@@H]2CCC[C@@H](C)[C@@H]2C)cc1. The van der Waals surface area contributed by atoms with Crippen molar-refractivity contribution in [2.45, 2.75) is 51.8 Å². The molecule has 2 aromatic carbocycles. The van der Waals surface area contributed by atoms with Gasteiger partial charge in [-0.15, -0.1) is 0 Å². The van der Waals surface area contributed by atoms with Gasteiger partial charge in [-0.2, -0.15) is 0 Å². The van der Waals surface area contributed by atoms with Gasteiger partial charge in [0.25, 0.3) is 11.6 Å². The van der Waals surface area contributed by atoms with Crippen LogP contribution in [0, 0.1) is 11.8 Å². The molecule has 0 radical (unpaired) electrons. The molecule has 1 fully saturated rings. The van der Waals surface area contributed by atoms with Crippen molar-refractivity contribution in [2.75, 3.05) is 16.8 Å². The van der Waals surface area contributed by atoms with Gasteiger partial charge >= 0.3 is 6.03 Å². The first-order valence-corrected chi connectivity index (χ1v) is 12.2. The number of urea groups is 1. The number of carbonyl (C=O) groups is 2. The summed E-state index contributed by atoms with van der Waals surface area (Å²) in [6.45, 7) is 6.71. The third-order valence-corrected chi connectivity index (χ3v) is 7.36. The first kappa shape index (κ1) is 23.6. The number of ether oxygens (including phenoxy) is 1. The van der Waals surface area contributed by atoms with Crippen LogP contribution in [-0.2, 0) is 10.5 Å². The monoisotopic (exact) mass is 515 g/mol. The van der Waals surface area contributed by atoms with Crippen LogP contribution in [0.25, 0.3) is 0 Å². The summed E-state index contributed by atoms with van der Waals surface area (Å²) in [6.07, 6.45) is 2.97. The molecule has 2 aliphatic rings. The van der Waals surface area contributed by atoms with Gasteiger partial charge < -0.3 is 20.5 Å². The molecule has 7 nitrogen and oxygen atoms in total.